The quantitative estimate of drug-likeness (QED) is 0.442. The summed E-state index contributed by atoms with van der Waals surface area (Å²) in [7, 11) is 0. The highest BCUT2D eigenvalue weighted by molar-refractivity contribution is 6.30. The molecule has 6 nitrogen and oxygen atoms in total. The van der Waals surface area contributed by atoms with Crippen molar-refractivity contribution in [2.75, 3.05) is 5.32 Å². The van der Waals surface area contributed by atoms with E-state index in [4.69, 9.17) is 16.3 Å². The number of halogens is 1. The summed E-state index contributed by atoms with van der Waals surface area (Å²) in [5.74, 6) is -0.307. The number of hydrogen-bond donors (Lipinski definition) is 2. The van der Waals surface area contributed by atoms with Crippen LogP contribution in [-0.4, -0.2) is 27.9 Å². The summed E-state index contributed by atoms with van der Waals surface area (Å²) in [4.78, 5) is 32.6. The summed E-state index contributed by atoms with van der Waals surface area (Å²) < 4.78 is 5.32. The molecular formula is C23H18ClN3O3. The Labute approximate surface area is 177 Å². The van der Waals surface area contributed by atoms with Gasteiger partial charge in [0.1, 0.15) is 5.82 Å². The number of aromatic nitrogens is 2. The molecule has 0 spiro atoms. The zero-order valence-electron chi connectivity index (χ0n) is 16.1. The van der Waals surface area contributed by atoms with Crippen molar-refractivity contribution in [2.45, 2.75) is 13.0 Å². The number of hydrogen-bond acceptors (Lipinski definition) is 4. The number of anilines is 1. The minimum absolute atomic E-state index is 0.330. The van der Waals surface area contributed by atoms with Crippen LogP contribution in [0.3, 0.4) is 0 Å². The van der Waals surface area contributed by atoms with Crippen LogP contribution in [0.25, 0.3) is 22.4 Å². The highest BCUT2D eigenvalue weighted by atomic mass is 35.5. The fourth-order valence-corrected chi connectivity index (χ4v) is 3.05. The zero-order chi connectivity index (χ0) is 21.1. The lowest BCUT2D eigenvalue weighted by molar-refractivity contribution is -0.123. The van der Waals surface area contributed by atoms with Crippen molar-refractivity contribution in [1.82, 2.24) is 9.97 Å². The van der Waals surface area contributed by atoms with Gasteiger partial charge in [0.2, 0.25) is 0 Å². The molecule has 4 aromatic rings. The predicted octanol–water partition coefficient (Wildman–Crippen LogP) is 5.07. The number of aromatic amines is 1. The maximum absolute atomic E-state index is 12.5. The minimum atomic E-state index is -0.967. The summed E-state index contributed by atoms with van der Waals surface area (Å²) in [6.07, 6.45) is -0.967. The first-order chi connectivity index (χ1) is 14.5. The van der Waals surface area contributed by atoms with Crippen LogP contribution in [0, 0.1) is 0 Å². The lowest BCUT2D eigenvalue weighted by atomic mass is 10.2. The molecule has 7 heteroatoms. The Bertz CT molecular complexity index is 1200. The number of carbonyl (C=O) groups is 2. The number of fused-ring (bicyclic) bond motifs is 1. The molecule has 1 heterocycles. The number of rotatable bonds is 5. The monoisotopic (exact) mass is 419 g/mol. The summed E-state index contributed by atoms with van der Waals surface area (Å²) in [5.41, 5.74) is 3.29. The molecule has 0 fully saturated rings. The molecular weight excluding hydrogens is 402 g/mol. The number of nitrogens with one attached hydrogen (secondary N) is 2. The van der Waals surface area contributed by atoms with Gasteiger partial charge in [-0.3, -0.25) is 4.79 Å². The first kappa shape index (κ1) is 19.7. The first-order valence-corrected chi connectivity index (χ1v) is 9.70. The van der Waals surface area contributed by atoms with E-state index in [1.54, 1.807) is 42.5 Å². The number of H-pyrrole nitrogens is 1. The number of nitrogens with zero attached hydrogens (tertiary/aromatic N) is 1. The number of carbonyl (C=O) groups excluding carboxylic acids is 2. The van der Waals surface area contributed by atoms with E-state index in [-0.39, 0.29) is 0 Å². The molecule has 0 aliphatic heterocycles. The largest absolute Gasteiger partial charge is 0.449 e. The predicted molar refractivity (Wildman–Crippen MR) is 116 cm³/mol. The van der Waals surface area contributed by atoms with Gasteiger partial charge in [0.15, 0.2) is 6.10 Å². The van der Waals surface area contributed by atoms with Gasteiger partial charge in [-0.2, -0.15) is 0 Å². The number of amides is 1. The molecule has 0 bridgehead atoms. The van der Waals surface area contributed by atoms with Crippen molar-refractivity contribution >= 4 is 40.2 Å². The molecule has 0 saturated heterocycles. The van der Waals surface area contributed by atoms with E-state index >= 15 is 0 Å². The third-order valence-electron chi connectivity index (χ3n) is 4.53. The lowest BCUT2D eigenvalue weighted by Crippen LogP contribution is -2.30. The first-order valence-electron chi connectivity index (χ1n) is 9.32. The lowest BCUT2D eigenvalue weighted by Gasteiger charge is -2.13. The van der Waals surface area contributed by atoms with Gasteiger partial charge in [-0.15, -0.1) is 0 Å². The molecule has 1 amide bonds. The molecule has 1 unspecified atom stereocenters. The average Bonchev–Trinajstić information content (AvgIpc) is 3.19. The van der Waals surface area contributed by atoms with Crippen molar-refractivity contribution in [3.8, 4) is 11.4 Å². The molecule has 150 valence electrons. The fourth-order valence-electron chi connectivity index (χ4n) is 2.93. The maximum atomic E-state index is 12.5. The third kappa shape index (κ3) is 4.34. The van der Waals surface area contributed by atoms with Gasteiger partial charge in [0.25, 0.3) is 5.91 Å². The third-order valence-corrected chi connectivity index (χ3v) is 4.78. The van der Waals surface area contributed by atoms with Crippen molar-refractivity contribution in [2.24, 2.45) is 0 Å². The van der Waals surface area contributed by atoms with E-state index in [9.17, 15) is 9.59 Å². The maximum Gasteiger partial charge on any atom is 0.338 e. The Hall–Kier alpha value is -3.64. The average molecular weight is 420 g/mol. The summed E-state index contributed by atoms with van der Waals surface area (Å²) in [5, 5.41) is 3.25. The number of ether oxygens (including phenoxy) is 1. The Kier molecular flexibility index (Phi) is 5.50. The molecule has 0 aliphatic rings. The Morgan fingerprint density at radius 2 is 1.77 bits per heavy atom. The van der Waals surface area contributed by atoms with Gasteiger partial charge in [-0.25, -0.2) is 9.78 Å². The zero-order valence-corrected chi connectivity index (χ0v) is 16.8. The fraction of sp³-hybridized carbons (Fsp3) is 0.0870. The molecule has 0 radical (unpaired) electrons. The Balaban J connectivity index is 1.45. The van der Waals surface area contributed by atoms with Gasteiger partial charge in [0.05, 0.1) is 16.6 Å². The normalized spacial score (nSPS) is 11.8. The van der Waals surface area contributed by atoms with Crippen LogP contribution in [0.2, 0.25) is 5.02 Å². The van der Waals surface area contributed by atoms with Crippen molar-refractivity contribution in [3.05, 3.63) is 83.4 Å². The second-order valence-corrected chi connectivity index (χ2v) is 7.16. The van der Waals surface area contributed by atoms with E-state index < -0.39 is 18.0 Å². The van der Waals surface area contributed by atoms with Gasteiger partial charge in [0, 0.05) is 16.3 Å². The topological polar surface area (TPSA) is 84.1 Å². The molecule has 2 N–H and O–H groups in total. The van der Waals surface area contributed by atoms with Crippen LogP contribution < -0.4 is 5.32 Å². The minimum Gasteiger partial charge on any atom is -0.449 e. The number of esters is 1. The molecule has 0 saturated carbocycles. The van der Waals surface area contributed by atoms with Crippen molar-refractivity contribution in [1.29, 1.82) is 0 Å². The standard InChI is InChI=1S/C23H18ClN3O3/c1-14(22(28)25-18-10-8-17(24)9-11-18)30-23(29)16-7-12-19-20(13-16)27-21(26-19)15-5-3-2-4-6-15/h2-14H,1H3,(H,25,28)(H,26,27). The Morgan fingerprint density at radius 3 is 2.50 bits per heavy atom. The van der Waals surface area contributed by atoms with E-state index in [1.165, 1.54) is 6.92 Å². The van der Waals surface area contributed by atoms with Crippen molar-refractivity contribution < 1.29 is 14.3 Å². The molecule has 1 atom stereocenters. The van der Waals surface area contributed by atoms with Gasteiger partial charge >= 0.3 is 5.97 Å². The number of benzene rings is 3. The van der Waals surface area contributed by atoms with Crippen LogP contribution in [0.5, 0.6) is 0 Å². The number of imidazole rings is 1. The molecule has 30 heavy (non-hydrogen) atoms. The van der Waals surface area contributed by atoms with Crippen LogP contribution in [0.4, 0.5) is 5.69 Å². The highest BCUT2D eigenvalue weighted by Crippen LogP contribution is 2.21. The van der Waals surface area contributed by atoms with E-state index in [1.807, 2.05) is 30.3 Å². The van der Waals surface area contributed by atoms with Crippen LogP contribution in [-0.2, 0) is 9.53 Å². The molecule has 3 aromatic carbocycles. The molecule has 1 aromatic heterocycles. The second kappa shape index (κ2) is 8.39. The van der Waals surface area contributed by atoms with Gasteiger partial charge in [-0.1, -0.05) is 41.9 Å². The van der Waals surface area contributed by atoms with Crippen LogP contribution >= 0.6 is 11.6 Å². The van der Waals surface area contributed by atoms with E-state index in [0.29, 0.717) is 27.6 Å². The van der Waals surface area contributed by atoms with Gasteiger partial charge in [-0.05, 0) is 49.4 Å². The van der Waals surface area contributed by atoms with E-state index in [0.717, 1.165) is 11.1 Å². The summed E-state index contributed by atoms with van der Waals surface area (Å²) >= 11 is 5.84. The highest BCUT2D eigenvalue weighted by Gasteiger charge is 2.20. The van der Waals surface area contributed by atoms with E-state index in [2.05, 4.69) is 15.3 Å². The van der Waals surface area contributed by atoms with Crippen LogP contribution in [0.1, 0.15) is 17.3 Å². The summed E-state index contributed by atoms with van der Waals surface area (Å²) in [6, 6.07) is 21.4. The SMILES string of the molecule is CC(OC(=O)c1ccc2nc(-c3ccccc3)[nH]c2c1)C(=O)Nc1ccc(Cl)cc1. The Morgan fingerprint density at radius 1 is 1.03 bits per heavy atom. The van der Waals surface area contributed by atoms with Crippen LogP contribution in [0.15, 0.2) is 72.8 Å². The van der Waals surface area contributed by atoms with Crippen molar-refractivity contribution in [3.63, 3.8) is 0 Å². The second-order valence-electron chi connectivity index (χ2n) is 6.73. The summed E-state index contributed by atoms with van der Waals surface area (Å²) in [6.45, 7) is 1.52. The molecule has 0 aliphatic carbocycles. The molecule has 4 rings (SSSR count). The van der Waals surface area contributed by atoms with Gasteiger partial charge < -0.3 is 15.0 Å². The smallest absolute Gasteiger partial charge is 0.338 e.